The predicted octanol–water partition coefficient (Wildman–Crippen LogP) is 5.57. The second-order valence-electron chi connectivity index (χ2n) is 9.72. The van der Waals surface area contributed by atoms with Crippen LogP contribution in [0.3, 0.4) is 0 Å². The smallest absolute Gasteiger partial charge is 0.423 e. The summed E-state index contributed by atoms with van der Waals surface area (Å²) < 4.78 is 33.7. The van der Waals surface area contributed by atoms with E-state index < -0.39 is 23.4 Å². The van der Waals surface area contributed by atoms with Crippen molar-refractivity contribution in [2.75, 3.05) is 23.4 Å². The topological polar surface area (TPSA) is 109 Å². The van der Waals surface area contributed by atoms with Gasteiger partial charge in [-0.3, -0.25) is 4.79 Å². The van der Waals surface area contributed by atoms with E-state index in [1.165, 1.54) is 12.1 Å². The number of alkyl halides is 1. The van der Waals surface area contributed by atoms with Gasteiger partial charge in [-0.05, 0) is 58.7 Å². The van der Waals surface area contributed by atoms with E-state index in [4.69, 9.17) is 14.2 Å². The zero-order valence-electron chi connectivity index (χ0n) is 21.6. The fourth-order valence-corrected chi connectivity index (χ4v) is 4.07. The number of carbonyl (C=O) groups is 2. The first-order chi connectivity index (χ1) is 18.1. The van der Waals surface area contributed by atoms with Gasteiger partial charge in [0.2, 0.25) is 0 Å². The molecule has 0 spiro atoms. The number of aromatic nitrogens is 4. The third-order valence-electron chi connectivity index (χ3n) is 5.64. The molecule has 4 rings (SSSR count). The average molecular weight is 590 g/mol. The molecule has 202 valence electrons. The van der Waals surface area contributed by atoms with Gasteiger partial charge in [-0.1, -0.05) is 22.0 Å². The van der Waals surface area contributed by atoms with Crippen LogP contribution in [0.5, 0.6) is 11.5 Å². The number of fused-ring (bicyclic) bond motifs is 5. The highest BCUT2D eigenvalue weighted by atomic mass is 79.9. The number of nitrogens with zero attached hydrogens (tertiary/aromatic N) is 5. The molecule has 2 aromatic heterocycles. The summed E-state index contributed by atoms with van der Waals surface area (Å²) in [5.74, 6) is -1.17. The van der Waals surface area contributed by atoms with Gasteiger partial charge in [0.1, 0.15) is 29.2 Å². The third-order valence-corrected chi connectivity index (χ3v) is 5.97. The standard InChI is InChI=1S/C26H29BrFN5O5/c1-16-7-6-11-36-20-14-18(28)21(37-12-10-27)13-17(20)24(34)33(25(35)38-26(2,3)4)22-9-5-8-19(30-22)23-31-29-15-32(16)23/h5,8-9,13-16H,6-7,10-12H2,1-4H3. The molecule has 0 fully saturated rings. The number of rotatable bonds is 3. The van der Waals surface area contributed by atoms with E-state index in [1.807, 2.05) is 11.5 Å². The molecule has 1 aromatic carbocycles. The van der Waals surface area contributed by atoms with Crippen molar-refractivity contribution in [1.82, 2.24) is 19.7 Å². The molecule has 12 heteroatoms. The van der Waals surface area contributed by atoms with Gasteiger partial charge in [0, 0.05) is 17.4 Å². The van der Waals surface area contributed by atoms with Gasteiger partial charge in [0.05, 0.1) is 18.8 Å². The molecule has 10 nitrogen and oxygen atoms in total. The van der Waals surface area contributed by atoms with Crippen LogP contribution >= 0.6 is 15.9 Å². The quantitative estimate of drug-likeness (QED) is 0.365. The van der Waals surface area contributed by atoms with Crippen molar-refractivity contribution in [3.8, 4) is 23.0 Å². The second-order valence-corrected chi connectivity index (χ2v) is 10.5. The number of pyridine rings is 1. The fraction of sp³-hybridized carbons (Fsp3) is 0.423. The highest BCUT2D eigenvalue weighted by Gasteiger charge is 2.34. The van der Waals surface area contributed by atoms with Crippen molar-refractivity contribution in [1.29, 1.82) is 0 Å². The number of hydrogen-bond donors (Lipinski definition) is 0. The number of amides is 2. The summed E-state index contributed by atoms with van der Waals surface area (Å²) in [5.41, 5.74) is -0.555. The highest BCUT2D eigenvalue weighted by Crippen LogP contribution is 2.32. The molecular formula is C26H29BrFN5O5. The summed E-state index contributed by atoms with van der Waals surface area (Å²) in [6.45, 7) is 7.45. The van der Waals surface area contributed by atoms with Gasteiger partial charge in [0.25, 0.3) is 5.91 Å². The largest absolute Gasteiger partial charge is 0.493 e. The van der Waals surface area contributed by atoms with Gasteiger partial charge in [-0.15, -0.1) is 10.2 Å². The number of imide groups is 1. The monoisotopic (exact) mass is 589 g/mol. The van der Waals surface area contributed by atoms with Crippen molar-refractivity contribution in [2.24, 2.45) is 0 Å². The van der Waals surface area contributed by atoms with Crippen LogP contribution in [0.25, 0.3) is 11.5 Å². The van der Waals surface area contributed by atoms with Crippen LogP contribution in [0, 0.1) is 5.82 Å². The molecule has 38 heavy (non-hydrogen) atoms. The van der Waals surface area contributed by atoms with Crippen molar-refractivity contribution in [3.63, 3.8) is 0 Å². The molecular weight excluding hydrogens is 561 g/mol. The molecule has 1 aliphatic heterocycles. The molecule has 0 saturated heterocycles. The van der Waals surface area contributed by atoms with Crippen LogP contribution in [0.4, 0.5) is 15.0 Å². The molecule has 1 atom stereocenters. The van der Waals surface area contributed by atoms with E-state index >= 15 is 0 Å². The Morgan fingerprint density at radius 3 is 2.82 bits per heavy atom. The maximum Gasteiger partial charge on any atom is 0.423 e. The average Bonchev–Trinajstić information content (AvgIpc) is 3.35. The molecule has 0 aliphatic carbocycles. The Hall–Kier alpha value is -3.54. The van der Waals surface area contributed by atoms with E-state index in [0.717, 1.165) is 11.0 Å². The van der Waals surface area contributed by atoms with Gasteiger partial charge in [-0.2, -0.15) is 4.90 Å². The lowest BCUT2D eigenvalue weighted by Crippen LogP contribution is -2.41. The summed E-state index contributed by atoms with van der Waals surface area (Å²) in [7, 11) is 0. The highest BCUT2D eigenvalue weighted by molar-refractivity contribution is 9.09. The van der Waals surface area contributed by atoms with Gasteiger partial charge >= 0.3 is 6.09 Å². The third kappa shape index (κ3) is 6.12. The molecule has 2 bridgehead atoms. The second kappa shape index (κ2) is 11.5. The maximum absolute atomic E-state index is 14.9. The number of carbonyl (C=O) groups excluding carboxylic acids is 2. The minimum atomic E-state index is -0.952. The summed E-state index contributed by atoms with van der Waals surface area (Å²) in [6.07, 6.45) is 1.95. The van der Waals surface area contributed by atoms with E-state index in [-0.39, 0.29) is 42.1 Å². The molecule has 0 N–H and O–H groups in total. The fourth-order valence-electron chi connectivity index (χ4n) is 3.91. The van der Waals surface area contributed by atoms with Crippen molar-refractivity contribution in [3.05, 3.63) is 48.0 Å². The summed E-state index contributed by atoms with van der Waals surface area (Å²) in [6, 6.07) is 7.22. The normalized spacial score (nSPS) is 16.1. The molecule has 0 saturated carbocycles. The lowest BCUT2D eigenvalue weighted by Gasteiger charge is -2.27. The van der Waals surface area contributed by atoms with Gasteiger partial charge in [-0.25, -0.2) is 14.2 Å². The van der Waals surface area contributed by atoms with E-state index in [1.54, 1.807) is 39.2 Å². The van der Waals surface area contributed by atoms with Gasteiger partial charge in [0.15, 0.2) is 17.4 Å². The number of benzene rings is 1. The lowest BCUT2D eigenvalue weighted by molar-refractivity contribution is 0.0562. The van der Waals surface area contributed by atoms with Gasteiger partial charge < -0.3 is 18.8 Å². The summed E-state index contributed by atoms with van der Waals surface area (Å²) in [5, 5.41) is 8.72. The number of halogens is 2. The Bertz CT molecular complexity index is 1330. The Balaban J connectivity index is 1.90. The Morgan fingerprint density at radius 1 is 1.29 bits per heavy atom. The van der Waals surface area contributed by atoms with Crippen LogP contribution in [0.15, 0.2) is 36.7 Å². The van der Waals surface area contributed by atoms with E-state index in [9.17, 15) is 14.0 Å². The first kappa shape index (κ1) is 27.5. The molecule has 0 radical (unpaired) electrons. The molecule has 1 unspecified atom stereocenters. The van der Waals surface area contributed by atoms with E-state index in [0.29, 0.717) is 29.7 Å². The maximum atomic E-state index is 14.9. The Morgan fingerprint density at radius 2 is 2.08 bits per heavy atom. The van der Waals surface area contributed by atoms with Crippen LogP contribution < -0.4 is 14.4 Å². The minimum absolute atomic E-state index is 0.000728. The zero-order valence-corrected chi connectivity index (χ0v) is 23.2. The van der Waals surface area contributed by atoms with Crippen molar-refractivity contribution < 1.29 is 28.2 Å². The van der Waals surface area contributed by atoms with Crippen LogP contribution in [-0.4, -0.2) is 55.9 Å². The molecule has 3 aromatic rings. The molecule has 1 aliphatic rings. The zero-order chi connectivity index (χ0) is 27.4. The Kier molecular flexibility index (Phi) is 8.29. The SMILES string of the molecule is CC1CCCOc2cc(F)c(OCCBr)cc2C(=O)N(C(=O)OC(C)(C)C)c2cccc(n2)-c2nncn21. The van der Waals surface area contributed by atoms with Crippen LogP contribution in [0.1, 0.15) is 56.9 Å². The van der Waals surface area contributed by atoms with E-state index in [2.05, 4.69) is 31.1 Å². The first-order valence-electron chi connectivity index (χ1n) is 12.2. The van der Waals surface area contributed by atoms with Crippen LogP contribution in [-0.2, 0) is 4.74 Å². The molecule has 3 heterocycles. The first-order valence-corrected chi connectivity index (χ1v) is 13.3. The van der Waals surface area contributed by atoms with Crippen molar-refractivity contribution in [2.45, 2.75) is 52.2 Å². The predicted molar refractivity (Wildman–Crippen MR) is 141 cm³/mol. The number of anilines is 1. The number of ether oxygens (including phenoxy) is 3. The minimum Gasteiger partial charge on any atom is -0.493 e. The summed E-state index contributed by atoms with van der Waals surface area (Å²) >= 11 is 3.24. The molecule has 2 amide bonds. The van der Waals surface area contributed by atoms with Crippen LogP contribution in [0.2, 0.25) is 0 Å². The van der Waals surface area contributed by atoms with Crippen molar-refractivity contribution >= 4 is 33.7 Å². The number of hydrogen-bond acceptors (Lipinski definition) is 8. The Labute approximate surface area is 228 Å². The lowest BCUT2D eigenvalue weighted by atomic mass is 10.1. The summed E-state index contributed by atoms with van der Waals surface area (Å²) in [4.78, 5) is 32.8.